The van der Waals surface area contributed by atoms with E-state index in [2.05, 4.69) is 20.8 Å². The molecule has 0 saturated carbocycles. The summed E-state index contributed by atoms with van der Waals surface area (Å²) in [6.45, 7) is 4.77. The molecule has 0 saturated heterocycles. The second kappa shape index (κ2) is 10.2. The van der Waals surface area contributed by atoms with Gasteiger partial charge in [0.15, 0.2) is 10.3 Å². The molecule has 1 aromatic rings. The van der Waals surface area contributed by atoms with Crippen LogP contribution in [0.1, 0.15) is 19.4 Å². The van der Waals surface area contributed by atoms with Crippen LogP contribution in [0.5, 0.6) is 5.75 Å². The largest absolute Gasteiger partial charge is 0.497 e. The molecule has 0 bridgehead atoms. The lowest BCUT2D eigenvalue weighted by Gasteiger charge is -2.05. The summed E-state index contributed by atoms with van der Waals surface area (Å²) in [5.41, 5.74) is 3.88. The average Bonchev–Trinajstić information content (AvgIpc) is 2.48. The molecule has 0 radical (unpaired) electrons. The summed E-state index contributed by atoms with van der Waals surface area (Å²) in [4.78, 5) is 4.27. The number of hydrogen-bond acceptors (Lipinski definition) is 4. The highest BCUT2D eigenvalue weighted by molar-refractivity contribution is 8.13. The summed E-state index contributed by atoms with van der Waals surface area (Å²) in [7, 11) is 1.64. The van der Waals surface area contributed by atoms with E-state index in [1.165, 1.54) is 0 Å². The third-order valence-corrected chi connectivity index (χ3v) is 3.28. The quantitative estimate of drug-likeness (QED) is 0.377. The Morgan fingerprint density at radius 3 is 2.62 bits per heavy atom. The second-order valence-electron chi connectivity index (χ2n) is 3.83. The van der Waals surface area contributed by atoms with Crippen molar-refractivity contribution in [1.82, 2.24) is 10.7 Å². The predicted octanol–water partition coefficient (Wildman–Crippen LogP) is 2.62. The van der Waals surface area contributed by atoms with Crippen LogP contribution in [0.3, 0.4) is 0 Å². The molecule has 0 atom stereocenters. The number of nitrogens with zero attached hydrogens (tertiary/aromatic N) is 2. The van der Waals surface area contributed by atoms with Crippen molar-refractivity contribution in [1.29, 1.82) is 0 Å². The monoisotopic (exact) mass is 324 g/mol. The molecule has 5 nitrogen and oxygen atoms in total. The number of thiocarbonyl (C=S) groups is 1. The van der Waals surface area contributed by atoms with E-state index >= 15 is 0 Å². The molecule has 0 spiro atoms. The van der Waals surface area contributed by atoms with Gasteiger partial charge in [-0.25, -0.2) is 0 Å². The van der Waals surface area contributed by atoms with Gasteiger partial charge < -0.3 is 10.1 Å². The van der Waals surface area contributed by atoms with Gasteiger partial charge in [-0.05, 0) is 54.7 Å². The van der Waals surface area contributed by atoms with E-state index < -0.39 is 0 Å². The molecular weight excluding hydrogens is 304 g/mol. The van der Waals surface area contributed by atoms with Gasteiger partial charge in [-0.3, -0.25) is 5.43 Å². The highest BCUT2D eigenvalue weighted by Gasteiger charge is 1.99. The fraction of sp³-hybridized carbons (Fsp3) is 0.357. The maximum Gasteiger partial charge on any atom is 0.195 e. The van der Waals surface area contributed by atoms with Crippen molar-refractivity contribution in [3.05, 3.63) is 29.8 Å². The van der Waals surface area contributed by atoms with Crippen LogP contribution in [0, 0.1) is 0 Å². The van der Waals surface area contributed by atoms with E-state index in [1.54, 1.807) is 25.1 Å². The molecule has 7 heteroatoms. The van der Waals surface area contributed by atoms with E-state index in [0.29, 0.717) is 10.3 Å². The number of methoxy groups -OCH3 is 1. The summed E-state index contributed by atoms with van der Waals surface area (Å²) in [5, 5.41) is 8.29. The maximum absolute atomic E-state index is 5.11. The summed E-state index contributed by atoms with van der Waals surface area (Å²) >= 11 is 6.65. The fourth-order valence-corrected chi connectivity index (χ4v) is 2.20. The predicted molar refractivity (Wildman–Crippen MR) is 95.6 cm³/mol. The van der Waals surface area contributed by atoms with Crippen LogP contribution in [0.2, 0.25) is 0 Å². The number of nitrogens with one attached hydrogen (secondary N) is 2. The van der Waals surface area contributed by atoms with Crippen LogP contribution in [0.15, 0.2) is 34.4 Å². The van der Waals surface area contributed by atoms with Gasteiger partial charge in [-0.1, -0.05) is 18.7 Å². The van der Waals surface area contributed by atoms with Crippen LogP contribution in [0.4, 0.5) is 0 Å². The summed E-state index contributed by atoms with van der Waals surface area (Å²) in [5.74, 6) is 1.71. The zero-order valence-corrected chi connectivity index (χ0v) is 14.1. The summed E-state index contributed by atoms with van der Waals surface area (Å²) < 4.78 is 5.11. The fourth-order valence-electron chi connectivity index (χ4n) is 1.36. The Hall–Kier alpha value is -1.60. The van der Waals surface area contributed by atoms with Crippen molar-refractivity contribution in [2.75, 3.05) is 19.4 Å². The van der Waals surface area contributed by atoms with Crippen LogP contribution >= 0.6 is 24.0 Å². The lowest BCUT2D eigenvalue weighted by molar-refractivity contribution is 0.415. The van der Waals surface area contributed by atoms with Crippen molar-refractivity contribution in [2.24, 2.45) is 10.1 Å². The van der Waals surface area contributed by atoms with Crippen molar-refractivity contribution >= 4 is 40.5 Å². The van der Waals surface area contributed by atoms with Gasteiger partial charge in [-0.15, -0.1) is 0 Å². The number of hydrogen-bond donors (Lipinski definition) is 2. The average molecular weight is 324 g/mol. The highest BCUT2D eigenvalue weighted by atomic mass is 32.2. The number of aliphatic imine (C=N–C) groups is 1. The maximum atomic E-state index is 5.11. The highest BCUT2D eigenvalue weighted by Crippen LogP contribution is 2.09. The zero-order chi connectivity index (χ0) is 15.5. The SMILES string of the molecule is CCNC(=S)/N=C(\N/N=C\c1ccc(OC)cc1)SCC. The Morgan fingerprint density at radius 2 is 2.05 bits per heavy atom. The lowest BCUT2D eigenvalue weighted by Crippen LogP contribution is -2.23. The molecule has 0 aliphatic carbocycles. The molecule has 0 aliphatic rings. The summed E-state index contributed by atoms with van der Waals surface area (Å²) in [6.07, 6.45) is 1.72. The Balaban J connectivity index is 2.62. The minimum absolute atomic E-state index is 0.459. The molecule has 0 unspecified atom stereocenters. The van der Waals surface area contributed by atoms with Crippen molar-refractivity contribution < 1.29 is 4.74 Å². The topological polar surface area (TPSA) is 58.0 Å². The Morgan fingerprint density at radius 1 is 1.33 bits per heavy atom. The van der Waals surface area contributed by atoms with Gasteiger partial charge in [-0.2, -0.15) is 10.1 Å². The first-order chi connectivity index (χ1) is 10.2. The van der Waals surface area contributed by atoms with Crippen molar-refractivity contribution in [3.8, 4) is 5.75 Å². The summed E-state index contributed by atoms with van der Waals surface area (Å²) in [6, 6.07) is 7.63. The minimum atomic E-state index is 0.459. The van der Waals surface area contributed by atoms with E-state index in [1.807, 2.05) is 38.1 Å². The number of ether oxygens (including phenoxy) is 1. The molecule has 0 fully saturated rings. The second-order valence-corrected chi connectivity index (χ2v) is 5.47. The molecule has 0 aliphatic heterocycles. The molecule has 0 aromatic heterocycles. The van der Waals surface area contributed by atoms with Crippen LogP contribution in [0.25, 0.3) is 0 Å². The number of rotatable bonds is 5. The van der Waals surface area contributed by atoms with E-state index in [0.717, 1.165) is 23.6 Å². The minimum Gasteiger partial charge on any atom is -0.497 e. The van der Waals surface area contributed by atoms with Gasteiger partial charge in [0.1, 0.15) is 5.75 Å². The van der Waals surface area contributed by atoms with Gasteiger partial charge in [0.05, 0.1) is 13.3 Å². The van der Waals surface area contributed by atoms with Crippen LogP contribution < -0.4 is 15.5 Å². The molecular formula is C14H20N4OS2. The van der Waals surface area contributed by atoms with Gasteiger partial charge in [0.2, 0.25) is 0 Å². The molecule has 1 rings (SSSR count). The normalized spacial score (nSPS) is 11.5. The Kier molecular flexibility index (Phi) is 8.45. The molecule has 21 heavy (non-hydrogen) atoms. The number of amidine groups is 1. The molecule has 2 N–H and O–H groups in total. The standard InChI is InChI=1S/C14H20N4OS2/c1-4-15-13(20)17-14(21-5-2)18-16-10-11-6-8-12(19-3)9-7-11/h6-10H,4-5H2,1-3H3,(H2,15,17,18,20)/b16-10-. The first-order valence-corrected chi connectivity index (χ1v) is 8.01. The third kappa shape index (κ3) is 7.10. The van der Waals surface area contributed by atoms with Crippen LogP contribution in [-0.4, -0.2) is 35.9 Å². The first kappa shape index (κ1) is 17.5. The van der Waals surface area contributed by atoms with E-state index in [9.17, 15) is 0 Å². The Bertz CT molecular complexity index is 500. The van der Waals surface area contributed by atoms with Gasteiger partial charge in [0.25, 0.3) is 0 Å². The van der Waals surface area contributed by atoms with Crippen molar-refractivity contribution in [2.45, 2.75) is 13.8 Å². The Labute approximate surface area is 135 Å². The van der Waals surface area contributed by atoms with E-state index in [-0.39, 0.29) is 0 Å². The number of hydrazone groups is 1. The molecule has 114 valence electrons. The third-order valence-electron chi connectivity index (χ3n) is 2.30. The number of thioether (sulfide) groups is 1. The first-order valence-electron chi connectivity index (χ1n) is 6.62. The number of benzene rings is 1. The van der Waals surface area contributed by atoms with Crippen molar-refractivity contribution in [3.63, 3.8) is 0 Å². The molecule has 0 heterocycles. The zero-order valence-electron chi connectivity index (χ0n) is 12.4. The molecule has 0 amide bonds. The van der Waals surface area contributed by atoms with E-state index in [4.69, 9.17) is 17.0 Å². The van der Waals surface area contributed by atoms with Gasteiger partial charge in [0, 0.05) is 6.54 Å². The van der Waals surface area contributed by atoms with Gasteiger partial charge >= 0.3 is 0 Å². The van der Waals surface area contributed by atoms with Crippen LogP contribution in [-0.2, 0) is 0 Å². The lowest BCUT2D eigenvalue weighted by atomic mass is 10.2. The smallest absolute Gasteiger partial charge is 0.195 e. The molecule has 1 aromatic carbocycles.